The van der Waals surface area contributed by atoms with E-state index in [1.54, 1.807) is 29.2 Å². The maximum atomic E-state index is 13.8. The number of likely N-dealkylation sites (tertiary alicyclic amines) is 1. The number of H-pyrrole nitrogens is 1. The number of hydrogen-bond acceptors (Lipinski definition) is 3. The molecule has 6 heteroatoms. The molecule has 2 fully saturated rings. The van der Waals surface area contributed by atoms with Gasteiger partial charge in [-0.05, 0) is 42.9 Å². The van der Waals surface area contributed by atoms with E-state index in [1.807, 2.05) is 0 Å². The van der Waals surface area contributed by atoms with Gasteiger partial charge in [-0.15, -0.1) is 0 Å². The first kappa shape index (κ1) is 14.4. The van der Waals surface area contributed by atoms with Crippen LogP contribution in [0.25, 0.3) is 11.3 Å². The average molecular weight is 314 g/mol. The summed E-state index contributed by atoms with van der Waals surface area (Å²) in [5.41, 5.74) is 7.38. The van der Waals surface area contributed by atoms with Gasteiger partial charge in [-0.2, -0.15) is 5.10 Å². The highest BCUT2D eigenvalue weighted by atomic mass is 19.1. The topological polar surface area (TPSA) is 75.0 Å². The smallest absolute Gasteiger partial charge is 0.271 e. The van der Waals surface area contributed by atoms with Gasteiger partial charge in [0.15, 0.2) is 0 Å². The number of hydrogen-bond donors (Lipinski definition) is 2. The van der Waals surface area contributed by atoms with Crippen molar-refractivity contribution in [1.82, 2.24) is 15.1 Å². The standard InChI is InChI=1S/C17H19FN4O/c18-13-4-2-1-3-11(13)15-7-16(21-20-15)17(23)22-8-12(10-5-6-10)14(19)9-22/h1-4,7,10,12,14H,5-6,8-9,19H2,(H,20,21)/t12-,14+/m1/s1. The van der Waals surface area contributed by atoms with Crippen LogP contribution in [-0.4, -0.2) is 40.1 Å². The molecule has 2 atom stereocenters. The van der Waals surface area contributed by atoms with Crippen molar-refractivity contribution in [3.05, 3.63) is 41.8 Å². The van der Waals surface area contributed by atoms with E-state index < -0.39 is 0 Å². The van der Waals surface area contributed by atoms with E-state index in [1.165, 1.54) is 18.9 Å². The second kappa shape index (κ2) is 5.45. The Balaban J connectivity index is 1.53. The van der Waals surface area contributed by atoms with Gasteiger partial charge in [0.2, 0.25) is 0 Å². The highest BCUT2D eigenvalue weighted by Crippen LogP contribution is 2.41. The zero-order valence-corrected chi connectivity index (χ0v) is 12.7. The predicted molar refractivity (Wildman–Crippen MR) is 84.1 cm³/mol. The molecule has 2 aromatic rings. The van der Waals surface area contributed by atoms with Crippen LogP contribution in [0.15, 0.2) is 30.3 Å². The molecule has 2 heterocycles. The van der Waals surface area contributed by atoms with E-state index in [4.69, 9.17) is 5.73 Å². The van der Waals surface area contributed by atoms with Gasteiger partial charge in [-0.3, -0.25) is 9.89 Å². The van der Waals surface area contributed by atoms with Gasteiger partial charge in [0, 0.05) is 24.7 Å². The second-order valence-electron chi connectivity index (χ2n) is 6.52. The number of nitrogens with two attached hydrogens (primary N) is 1. The molecule has 0 spiro atoms. The minimum absolute atomic E-state index is 0.0559. The molecule has 1 aromatic heterocycles. The number of benzene rings is 1. The number of rotatable bonds is 3. The van der Waals surface area contributed by atoms with Crippen LogP contribution in [0.5, 0.6) is 0 Å². The SMILES string of the molecule is N[C@H]1CN(C(=O)c2cc(-c3ccccc3F)n[nH]2)C[C@@H]1C1CC1. The maximum Gasteiger partial charge on any atom is 0.271 e. The van der Waals surface area contributed by atoms with Crippen molar-refractivity contribution in [2.75, 3.05) is 13.1 Å². The Bertz CT molecular complexity index is 740. The summed E-state index contributed by atoms with van der Waals surface area (Å²) in [5, 5.41) is 6.82. The fourth-order valence-electron chi connectivity index (χ4n) is 3.45. The lowest BCUT2D eigenvalue weighted by Crippen LogP contribution is -2.32. The largest absolute Gasteiger partial charge is 0.335 e. The second-order valence-corrected chi connectivity index (χ2v) is 6.52. The minimum atomic E-state index is -0.352. The van der Waals surface area contributed by atoms with Crippen LogP contribution in [0.3, 0.4) is 0 Å². The van der Waals surface area contributed by atoms with Gasteiger partial charge in [0.1, 0.15) is 11.5 Å². The molecule has 4 rings (SSSR count). The highest BCUT2D eigenvalue weighted by Gasteiger charge is 2.42. The summed E-state index contributed by atoms with van der Waals surface area (Å²) in [4.78, 5) is 14.4. The molecule has 1 saturated heterocycles. The summed E-state index contributed by atoms with van der Waals surface area (Å²) in [6.45, 7) is 1.28. The molecule has 1 amide bonds. The van der Waals surface area contributed by atoms with Crippen LogP contribution in [-0.2, 0) is 0 Å². The third-order valence-corrected chi connectivity index (χ3v) is 4.89. The maximum absolute atomic E-state index is 13.8. The zero-order valence-electron chi connectivity index (χ0n) is 12.7. The van der Waals surface area contributed by atoms with E-state index in [0.717, 1.165) is 0 Å². The molecule has 23 heavy (non-hydrogen) atoms. The lowest BCUT2D eigenvalue weighted by atomic mass is 9.99. The molecule has 5 nitrogen and oxygen atoms in total. The highest BCUT2D eigenvalue weighted by molar-refractivity contribution is 5.93. The number of carbonyl (C=O) groups excluding carboxylic acids is 1. The van der Waals surface area contributed by atoms with Crippen LogP contribution in [0.2, 0.25) is 0 Å². The van der Waals surface area contributed by atoms with Crippen molar-refractivity contribution >= 4 is 5.91 Å². The lowest BCUT2D eigenvalue weighted by Gasteiger charge is -2.14. The first-order valence-corrected chi connectivity index (χ1v) is 7.98. The molecule has 2 aliphatic rings. The summed E-state index contributed by atoms with van der Waals surface area (Å²) < 4.78 is 13.8. The quantitative estimate of drug-likeness (QED) is 0.910. The third kappa shape index (κ3) is 2.63. The van der Waals surface area contributed by atoms with E-state index in [-0.39, 0.29) is 17.8 Å². The van der Waals surface area contributed by atoms with Crippen molar-refractivity contribution < 1.29 is 9.18 Å². The molecule has 1 aliphatic heterocycles. The average Bonchev–Trinajstić information content (AvgIpc) is 3.13. The van der Waals surface area contributed by atoms with Gasteiger partial charge < -0.3 is 10.6 Å². The molecule has 0 unspecified atom stereocenters. The van der Waals surface area contributed by atoms with E-state index in [9.17, 15) is 9.18 Å². The van der Waals surface area contributed by atoms with Crippen LogP contribution in [0.1, 0.15) is 23.3 Å². The molecule has 0 radical (unpaired) electrons. The first-order chi connectivity index (χ1) is 11.1. The van der Waals surface area contributed by atoms with Crippen molar-refractivity contribution in [3.63, 3.8) is 0 Å². The first-order valence-electron chi connectivity index (χ1n) is 7.98. The van der Waals surface area contributed by atoms with Gasteiger partial charge in [0.25, 0.3) is 5.91 Å². The Morgan fingerprint density at radius 1 is 1.30 bits per heavy atom. The number of aromatic amines is 1. The monoisotopic (exact) mass is 314 g/mol. The van der Waals surface area contributed by atoms with Gasteiger partial charge in [-0.25, -0.2) is 4.39 Å². The van der Waals surface area contributed by atoms with Gasteiger partial charge in [0.05, 0.1) is 5.69 Å². The Labute approximate surface area is 133 Å². The molecular formula is C17H19FN4O. The van der Waals surface area contributed by atoms with Crippen molar-refractivity contribution in [2.24, 2.45) is 17.6 Å². The zero-order chi connectivity index (χ0) is 16.0. The van der Waals surface area contributed by atoms with Gasteiger partial charge in [-0.1, -0.05) is 12.1 Å². The molecule has 3 N–H and O–H groups in total. The van der Waals surface area contributed by atoms with Crippen molar-refractivity contribution in [3.8, 4) is 11.3 Å². The lowest BCUT2D eigenvalue weighted by molar-refractivity contribution is 0.0779. The molecule has 1 saturated carbocycles. The van der Waals surface area contributed by atoms with Crippen LogP contribution in [0, 0.1) is 17.7 Å². The Morgan fingerprint density at radius 3 is 2.83 bits per heavy atom. The van der Waals surface area contributed by atoms with Gasteiger partial charge >= 0.3 is 0 Å². The van der Waals surface area contributed by atoms with Crippen molar-refractivity contribution in [2.45, 2.75) is 18.9 Å². The summed E-state index contributed by atoms with van der Waals surface area (Å²) in [7, 11) is 0. The normalized spacial score (nSPS) is 24.2. The van der Waals surface area contributed by atoms with Crippen molar-refractivity contribution in [1.29, 1.82) is 0 Å². The molecular weight excluding hydrogens is 295 g/mol. The minimum Gasteiger partial charge on any atom is -0.335 e. The molecule has 0 bridgehead atoms. The Hall–Kier alpha value is -2.21. The van der Waals surface area contributed by atoms with Crippen LogP contribution < -0.4 is 5.73 Å². The van der Waals surface area contributed by atoms with E-state index in [2.05, 4.69) is 10.2 Å². The van der Waals surface area contributed by atoms with E-state index in [0.29, 0.717) is 41.9 Å². The number of halogens is 1. The molecule has 1 aliphatic carbocycles. The molecule has 1 aromatic carbocycles. The summed E-state index contributed by atoms with van der Waals surface area (Å²) in [5.74, 6) is 0.625. The fourth-order valence-corrected chi connectivity index (χ4v) is 3.45. The summed E-state index contributed by atoms with van der Waals surface area (Å²) in [6.07, 6.45) is 2.45. The number of nitrogens with one attached hydrogen (secondary N) is 1. The number of amides is 1. The molecule has 120 valence electrons. The Morgan fingerprint density at radius 2 is 2.09 bits per heavy atom. The summed E-state index contributed by atoms with van der Waals surface area (Å²) in [6, 6.07) is 8.06. The van der Waals surface area contributed by atoms with Crippen LogP contribution >= 0.6 is 0 Å². The fraction of sp³-hybridized carbons (Fsp3) is 0.412. The van der Waals surface area contributed by atoms with E-state index >= 15 is 0 Å². The van der Waals surface area contributed by atoms with Crippen LogP contribution in [0.4, 0.5) is 4.39 Å². The number of nitrogens with zero attached hydrogens (tertiary/aromatic N) is 2. The number of carbonyl (C=O) groups is 1. The third-order valence-electron chi connectivity index (χ3n) is 4.89. The Kier molecular flexibility index (Phi) is 3.41. The predicted octanol–water partition coefficient (Wildman–Crippen LogP) is 2.03. The number of aromatic nitrogens is 2. The summed E-state index contributed by atoms with van der Waals surface area (Å²) >= 11 is 0.